The minimum Gasteiger partial charge on any atom is -0.393 e. The first-order chi connectivity index (χ1) is 10.4. The molecule has 4 N–H and O–H groups in total. The largest absolute Gasteiger partial charge is 0.393 e. The van der Waals surface area contributed by atoms with Gasteiger partial charge < -0.3 is 20.7 Å². The molecule has 22 heavy (non-hydrogen) atoms. The van der Waals surface area contributed by atoms with E-state index < -0.39 is 37.4 Å². The summed E-state index contributed by atoms with van der Waals surface area (Å²) in [7, 11) is 0. The Morgan fingerprint density at radius 1 is 1.50 bits per heavy atom. The number of hydrogen-bond donors (Lipinski definition) is 3. The van der Waals surface area contributed by atoms with Gasteiger partial charge >= 0.3 is 0 Å². The molecule has 1 aliphatic rings. The second-order valence-electron chi connectivity index (χ2n) is 4.95. The summed E-state index contributed by atoms with van der Waals surface area (Å²) < 4.78 is 33.8. The smallest absolute Gasteiger partial charge is 0.223 e. The first kappa shape index (κ1) is 15.3. The van der Waals surface area contributed by atoms with Crippen molar-refractivity contribution in [1.82, 2.24) is 19.5 Å². The molecular formula is C11H12ClF2N5O3. The summed E-state index contributed by atoms with van der Waals surface area (Å²) in [6, 6.07) is 0. The molecule has 3 rings (SSSR count). The first-order valence-corrected chi connectivity index (χ1v) is 6.63. The SMILES string of the molecule is Nc1nc(Cl)c2ncn([C@@H]3O[C@@](CO)(CF)[C@@H](O)[C@@H]3F)c2n1. The first-order valence-electron chi connectivity index (χ1n) is 6.26. The van der Waals surface area contributed by atoms with E-state index in [1.807, 2.05) is 0 Å². The molecule has 4 atom stereocenters. The number of hydrogen-bond acceptors (Lipinski definition) is 7. The fourth-order valence-electron chi connectivity index (χ4n) is 2.40. The zero-order chi connectivity index (χ0) is 16.1. The van der Waals surface area contributed by atoms with Crippen LogP contribution in [0.2, 0.25) is 5.15 Å². The van der Waals surface area contributed by atoms with Crippen LogP contribution >= 0.6 is 11.6 Å². The minimum absolute atomic E-state index is 0.0332. The molecule has 2 aromatic rings. The number of ether oxygens (including phenoxy) is 1. The maximum atomic E-state index is 14.3. The molecule has 0 radical (unpaired) electrons. The lowest BCUT2D eigenvalue weighted by Gasteiger charge is -2.25. The van der Waals surface area contributed by atoms with E-state index in [2.05, 4.69) is 15.0 Å². The maximum Gasteiger partial charge on any atom is 0.223 e. The number of aliphatic hydroxyl groups excluding tert-OH is 2. The van der Waals surface area contributed by atoms with Crippen LogP contribution in [0.1, 0.15) is 6.23 Å². The molecule has 0 bridgehead atoms. The summed E-state index contributed by atoms with van der Waals surface area (Å²) >= 11 is 5.87. The van der Waals surface area contributed by atoms with Crippen molar-refractivity contribution < 1.29 is 23.7 Å². The van der Waals surface area contributed by atoms with E-state index in [4.69, 9.17) is 22.1 Å². The van der Waals surface area contributed by atoms with Crippen LogP contribution in [-0.2, 0) is 4.74 Å². The average molecular weight is 336 g/mol. The zero-order valence-corrected chi connectivity index (χ0v) is 11.8. The summed E-state index contributed by atoms with van der Waals surface area (Å²) in [5.74, 6) is -0.160. The lowest BCUT2D eigenvalue weighted by molar-refractivity contribution is -0.136. The molecule has 2 aromatic heterocycles. The lowest BCUT2D eigenvalue weighted by atomic mass is 9.98. The van der Waals surface area contributed by atoms with Crippen molar-refractivity contribution in [3.63, 3.8) is 0 Å². The standard InChI is InChI=1S/C11H12ClF2N5O3/c12-7-5-8(18-10(15)17-7)19(3-16-5)9-4(14)6(21)11(1-13,2-20)22-9/h3-4,6,9,20-21H,1-2H2,(H2,15,17,18)/t4-,6-,9+,11+/m0/s1. The Labute approximate surface area is 127 Å². The molecule has 0 aromatic carbocycles. The van der Waals surface area contributed by atoms with Crippen LogP contribution in [0.25, 0.3) is 11.2 Å². The van der Waals surface area contributed by atoms with Crippen molar-refractivity contribution in [1.29, 1.82) is 0 Å². The molecule has 3 heterocycles. The van der Waals surface area contributed by atoms with Gasteiger partial charge in [0.2, 0.25) is 5.95 Å². The summed E-state index contributed by atoms with van der Waals surface area (Å²) in [4.78, 5) is 11.5. The van der Waals surface area contributed by atoms with Crippen molar-refractivity contribution in [2.75, 3.05) is 19.0 Å². The third-order valence-electron chi connectivity index (χ3n) is 3.63. The number of alkyl halides is 2. The Kier molecular flexibility index (Phi) is 3.63. The minimum atomic E-state index is -2.04. The average Bonchev–Trinajstić information content (AvgIpc) is 3.01. The molecule has 1 saturated heterocycles. The van der Waals surface area contributed by atoms with Gasteiger partial charge in [0.15, 0.2) is 28.8 Å². The Balaban J connectivity index is 2.09. The summed E-state index contributed by atoms with van der Waals surface area (Å²) in [5, 5.41) is 19.0. The second-order valence-corrected chi connectivity index (χ2v) is 5.31. The van der Waals surface area contributed by atoms with E-state index in [1.165, 1.54) is 6.33 Å². The molecule has 0 saturated carbocycles. The Bertz CT molecular complexity index is 710. The van der Waals surface area contributed by atoms with Crippen molar-refractivity contribution in [2.45, 2.75) is 24.1 Å². The van der Waals surface area contributed by atoms with Crippen LogP contribution in [0.15, 0.2) is 6.33 Å². The van der Waals surface area contributed by atoms with Gasteiger partial charge in [-0.15, -0.1) is 0 Å². The summed E-state index contributed by atoms with van der Waals surface area (Å²) in [6.45, 7) is -2.14. The molecule has 1 aliphatic heterocycles. The van der Waals surface area contributed by atoms with Crippen molar-refractivity contribution >= 4 is 28.7 Å². The van der Waals surface area contributed by atoms with Gasteiger partial charge in [0.05, 0.1) is 12.9 Å². The highest BCUT2D eigenvalue weighted by Gasteiger charge is 2.56. The van der Waals surface area contributed by atoms with Gasteiger partial charge in [-0.05, 0) is 0 Å². The molecule has 120 valence electrons. The Morgan fingerprint density at radius 3 is 2.82 bits per heavy atom. The van der Waals surface area contributed by atoms with E-state index in [9.17, 15) is 19.0 Å². The van der Waals surface area contributed by atoms with Crippen LogP contribution in [0.4, 0.5) is 14.7 Å². The monoisotopic (exact) mass is 335 g/mol. The third-order valence-corrected chi connectivity index (χ3v) is 3.90. The lowest BCUT2D eigenvalue weighted by Crippen LogP contribution is -2.47. The number of anilines is 1. The fourth-order valence-corrected chi connectivity index (χ4v) is 2.62. The number of halogens is 3. The van der Waals surface area contributed by atoms with E-state index in [-0.39, 0.29) is 22.3 Å². The predicted octanol–water partition coefficient (Wildman–Crippen LogP) is -0.00970. The molecule has 11 heteroatoms. The Hall–Kier alpha value is -1.62. The summed E-state index contributed by atoms with van der Waals surface area (Å²) in [6.07, 6.45) is -4.12. The number of fused-ring (bicyclic) bond motifs is 1. The van der Waals surface area contributed by atoms with Crippen molar-refractivity contribution in [2.24, 2.45) is 0 Å². The number of nitrogen functional groups attached to an aromatic ring is 1. The quantitative estimate of drug-likeness (QED) is 0.675. The van der Waals surface area contributed by atoms with Gasteiger partial charge in [-0.3, -0.25) is 4.57 Å². The van der Waals surface area contributed by atoms with Gasteiger partial charge in [-0.1, -0.05) is 11.6 Å². The van der Waals surface area contributed by atoms with Gasteiger partial charge in [0.1, 0.15) is 18.3 Å². The van der Waals surface area contributed by atoms with Gasteiger partial charge in [0, 0.05) is 0 Å². The van der Waals surface area contributed by atoms with Gasteiger partial charge in [0.25, 0.3) is 0 Å². The summed E-state index contributed by atoms with van der Waals surface area (Å²) in [5.41, 5.74) is 3.68. The van der Waals surface area contributed by atoms with Gasteiger partial charge in [-0.2, -0.15) is 9.97 Å². The zero-order valence-electron chi connectivity index (χ0n) is 11.0. The molecule has 1 fully saturated rings. The van der Waals surface area contributed by atoms with E-state index >= 15 is 0 Å². The van der Waals surface area contributed by atoms with Crippen LogP contribution in [0.3, 0.4) is 0 Å². The second kappa shape index (κ2) is 5.23. The third kappa shape index (κ3) is 2.02. The van der Waals surface area contributed by atoms with E-state index in [0.29, 0.717) is 0 Å². The van der Waals surface area contributed by atoms with E-state index in [0.717, 1.165) is 4.57 Å². The number of aromatic nitrogens is 4. The van der Waals surface area contributed by atoms with Crippen LogP contribution < -0.4 is 5.73 Å². The molecule has 0 unspecified atom stereocenters. The van der Waals surface area contributed by atoms with Crippen molar-refractivity contribution in [3.8, 4) is 0 Å². The molecule has 0 spiro atoms. The normalized spacial score (nSPS) is 32.0. The Morgan fingerprint density at radius 2 is 2.23 bits per heavy atom. The van der Waals surface area contributed by atoms with E-state index in [1.54, 1.807) is 0 Å². The van der Waals surface area contributed by atoms with Crippen LogP contribution in [0.5, 0.6) is 0 Å². The number of rotatable bonds is 3. The number of nitrogens with two attached hydrogens (primary N) is 1. The van der Waals surface area contributed by atoms with Crippen molar-refractivity contribution in [3.05, 3.63) is 11.5 Å². The topological polar surface area (TPSA) is 119 Å². The molecular weight excluding hydrogens is 324 g/mol. The fraction of sp³-hybridized carbons (Fsp3) is 0.545. The number of aliphatic hydroxyl groups is 2. The number of nitrogens with zero attached hydrogens (tertiary/aromatic N) is 4. The molecule has 0 aliphatic carbocycles. The highest BCUT2D eigenvalue weighted by molar-refractivity contribution is 6.33. The van der Waals surface area contributed by atoms with Crippen LogP contribution in [-0.4, -0.2) is 60.9 Å². The molecule has 0 amide bonds. The number of imidazole rings is 1. The van der Waals surface area contributed by atoms with Crippen LogP contribution in [0, 0.1) is 0 Å². The van der Waals surface area contributed by atoms with Gasteiger partial charge in [-0.25, -0.2) is 13.8 Å². The highest BCUT2D eigenvalue weighted by atomic mass is 35.5. The molecule has 8 nitrogen and oxygen atoms in total. The predicted molar refractivity (Wildman–Crippen MR) is 71.6 cm³/mol. The maximum absolute atomic E-state index is 14.3. The highest BCUT2D eigenvalue weighted by Crippen LogP contribution is 2.40.